The average Bonchev–Trinajstić information content (AvgIpc) is 2.62. The molecular weight excluding hydrogens is 200 g/mol. The smallest absolute Gasteiger partial charge is 0.318 e. The van der Waals surface area contributed by atoms with Crippen LogP contribution in [0.3, 0.4) is 0 Å². The van der Waals surface area contributed by atoms with E-state index in [0.717, 1.165) is 6.54 Å². The molecule has 1 unspecified atom stereocenters. The Hall–Kier alpha value is -1.51. The molecule has 1 aliphatic rings. The topological polar surface area (TPSA) is 32.3 Å². The molecule has 1 fully saturated rings. The van der Waals surface area contributed by atoms with Crippen molar-refractivity contribution >= 4 is 6.03 Å². The van der Waals surface area contributed by atoms with Crippen molar-refractivity contribution in [1.29, 1.82) is 0 Å². The van der Waals surface area contributed by atoms with Gasteiger partial charge < -0.3 is 10.2 Å². The fourth-order valence-corrected chi connectivity index (χ4v) is 1.93. The highest BCUT2D eigenvalue weighted by atomic mass is 16.2. The van der Waals surface area contributed by atoms with Crippen molar-refractivity contribution in [2.45, 2.75) is 26.4 Å². The molecular formula is C13H18N2O. The lowest BCUT2D eigenvalue weighted by Crippen LogP contribution is -2.31. The summed E-state index contributed by atoms with van der Waals surface area (Å²) in [6.07, 6.45) is 0. The minimum absolute atomic E-state index is 0.0579. The van der Waals surface area contributed by atoms with Crippen molar-refractivity contribution in [3.05, 3.63) is 35.9 Å². The molecule has 86 valence electrons. The van der Waals surface area contributed by atoms with E-state index in [1.54, 1.807) is 0 Å². The van der Waals surface area contributed by atoms with E-state index in [2.05, 4.69) is 31.3 Å². The van der Waals surface area contributed by atoms with Gasteiger partial charge >= 0.3 is 6.03 Å². The maximum Gasteiger partial charge on any atom is 0.318 e. The molecule has 2 rings (SSSR count). The van der Waals surface area contributed by atoms with E-state index in [4.69, 9.17) is 0 Å². The van der Waals surface area contributed by atoms with Crippen LogP contribution >= 0.6 is 0 Å². The average molecular weight is 218 g/mol. The molecule has 1 saturated heterocycles. The molecule has 0 spiro atoms. The van der Waals surface area contributed by atoms with E-state index in [1.807, 2.05) is 23.1 Å². The van der Waals surface area contributed by atoms with Crippen LogP contribution in [-0.4, -0.2) is 23.5 Å². The zero-order valence-electron chi connectivity index (χ0n) is 9.81. The third-order valence-corrected chi connectivity index (χ3v) is 3.03. The molecule has 1 aromatic carbocycles. The molecule has 0 radical (unpaired) electrons. The molecule has 16 heavy (non-hydrogen) atoms. The number of rotatable bonds is 3. The maximum absolute atomic E-state index is 11.7. The van der Waals surface area contributed by atoms with E-state index < -0.39 is 0 Å². The molecule has 1 N–H and O–H groups in total. The largest absolute Gasteiger partial charge is 0.333 e. The Balaban J connectivity index is 1.99. The number of benzene rings is 1. The number of amides is 2. The number of carbonyl (C=O) groups is 1. The number of urea groups is 1. The standard InChI is InChI=1S/C13H18N2O/c1-10(2)12-9-15(13(16)14-12)8-11-6-4-3-5-7-11/h3-7,10,12H,8-9H2,1-2H3,(H,14,16). The van der Waals surface area contributed by atoms with Gasteiger partial charge in [-0.15, -0.1) is 0 Å². The first-order valence-corrected chi connectivity index (χ1v) is 5.76. The van der Waals surface area contributed by atoms with Crippen LogP contribution in [0, 0.1) is 5.92 Å². The summed E-state index contributed by atoms with van der Waals surface area (Å²) in [6.45, 7) is 5.79. The second kappa shape index (κ2) is 4.56. The SMILES string of the molecule is CC(C)C1CN(Cc2ccccc2)C(=O)N1. The van der Waals surface area contributed by atoms with E-state index in [-0.39, 0.29) is 12.1 Å². The molecule has 1 aromatic rings. The summed E-state index contributed by atoms with van der Waals surface area (Å²) >= 11 is 0. The van der Waals surface area contributed by atoms with Gasteiger partial charge in [0, 0.05) is 13.1 Å². The van der Waals surface area contributed by atoms with Crippen molar-refractivity contribution in [2.24, 2.45) is 5.92 Å². The summed E-state index contributed by atoms with van der Waals surface area (Å²) in [5.41, 5.74) is 1.18. The van der Waals surface area contributed by atoms with E-state index in [1.165, 1.54) is 5.56 Å². The van der Waals surface area contributed by atoms with Crippen molar-refractivity contribution in [2.75, 3.05) is 6.54 Å². The molecule has 1 atom stereocenters. The number of nitrogens with zero attached hydrogens (tertiary/aromatic N) is 1. The van der Waals surface area contributed by atoms with Gasteiger partial charge in [0.1, 0.15) is 0 Å². The zero-order valence-corrected chi connectivity index (χ0v) is 9.81. The molecule has 3 heteroatoms. The molecule has 3 nitrogen and oxygen atoms in total. The van der Waals surface area contributed by atoms with Crippen LogP contribution in [-0.2, 0) is 6.54 Å². The van der Waals surface area contributed by atoms with Crippen molar-refractivity contribution in [3.63, 3.8) is 0 Å². The van der Waals surface area contributed by atoms with E-state index in [9.17, 15) is 4.79 Å². The van der Waals surface area contributed by atoms with Crippen LogP contribution < -0.4 is 5.32 Å². The third-order valence-electron chi connectivity index (χ3n) is 3.03. The Morgan fingerprint density at radius 2 is 2.06 bits per heavy atom. The lowest BCUT2D eigenvalue weighted by atomic mass is 10.1. The maximum atomic E-state index is 11.7. The second-order valence-corrected chi connectivity index (χ2v) is 4.67. The highest BCUT2D eigenvalue weighted by molar-refractivity contribution is 5.76. The minimum Gasteiger partial charge on any atom is -0.333 e. The normalized spacial score (nSPS) is 20.3. The number of carbonyl (C=O) groups excluding carboxylic acids is 1. The van der Waals surface area contributed by atoms with Crippen LogP contribution in [0.1, 0.15) is 19.4 Å². The molecule has 2 amide bonds. The van der Waals surface area contributed by atoms with Gasteiger partial charge in [0.2, 0.25) is 0 Å². The summed E-state index contributed by atoms with van der Waals surface area (Å²) in [7, 11) is 0. The predicted molar refractivity (Wildman–Crippen MR) is 64.0 cm³/mol. The van der Waals surface area contributed by atoms with Crippen LogP contribution in [0.25, 0.3) is 0 Å². The molecule has 0 aromatic heterocycles. The molecule has 0 saturated carbocycles. The van der Waals surface area contributed by atoms with Crippen molar-refractivity contribution < 1.29 is 4.79 Å². The fourth-order valence-electron chi connectivity index (χ4n) is 1.93. The van der Waals surface area contributed by atoms with Crippen LogP contribution in [0.2, 0.25) is 0 Å². The molecule has 0 aliphatic carbocycles. The highest BCUT2D eigenvalue weighted by Gasteiger charge is 2.30. The van der Waals surface area contributed by atoms with Crippen molar-refractivity contribution in [3.8, 4) is 0 Å². The van der Waals surface area contributed by atoms with Gasteiger partial charge in [0.15, 0.2) is 0 Å². The van der Waals surface area contributed by atoms with Crippen LogP contribution in [0.5, 0.6) is 0 Å². The van der Waals surface area contributed by atoms with Gasteiger partial charge in [-0.2, -0.15) is 0 Å². The summed E-state index contributed by atoms with van der Waals surface area (Å²) in [4.78, 5) is 13.6. The van der Waals surface area contributed by atoms with Gasteiger partial charge in [-0.3, -0.25) is 0 Å². The fraction of sp³-hybridized carbons (Fsp3) is 0.462. The van der Waals surface area contributed by atoms with Crippen LogP contribution in [0.15, 0.2) is 30.3 Å². The molecule has 1 aliphatic heterocycles. The zero-order chi connectivity index (χ0) is 11.5. The highest BCUT2D eigenvalue weighted by Crippen LogP contribution is 2.14. The van der Waals surface area contributed by atoms with E-state index >= 15 is 0 Å². The second-order valence-electron chi connectivity index (χ2n) is 4.67. The lowest BCUT2D eigenvalue weighted by molar-refractivity contribution is 0.215. The Kier molecular flexibility index (Phi) is 3.13. The van der Waals surface area contributed by atoms with E-state index in [0.29, 0.717) is 12.5 Å². The first-order valence-electron chi connectivity index (χ1n) is 5.76. The Morgan fingerprint density at radius 1 is 1.38 bits per heavy atom. The van der Waals surface area contributed by atoms with Gasteiger partial charge in [-0.05, 0) is 11.5 Å². The number of hydrogen-bond donors (Lipinski definition) is 1. The Bertz CT molecular complexity index is 361. The number of nitrogens with one attached hydrogen (secondary N) is 1. The van der Waals surface area contributed by atoms with Crippen molar-refractivity contribution in [1.82, 2.24) is 10.2 Å². The summed E-state index contributed by atoms with van der Waals surface area (Å²) < 4.78 is 0. The first kappa shape index (κ1) is 11.0. The summed E-state index contributed by atoms with van der Waals surface area (Å²) in [5, 5.41) is 3.01. The Morgan fingerprint density at radius 3 is 2.62 bits per heavy atom. The predicted octanol–water partition coefficient (Wildman–Crippen LogP) is 2.24. The third kappa shape index (κ3) is 2.35. The van der Waals surface area contributed by atoms with Gasteiger partial charge in [0.05, 0.1) is 6.04 Å². The van der Waals surface area contributed by atoms with Gasteiger partial charge in [-0.25, -0.2) is 4.79 Å². The first-order chi connectivity index (χ1) is 7.66. The Labute approximate surface area is 96.5 Å². The quantitative estimate of drug-likeness (QED) is 0.829. The molecule has 0 bridgehead atoms. The minimum atomic E-state index is 0.0579. The molecule has 1 heterocycles. The van der Waals surface area contributed by atoms with Gasteiger partial charge in [-0.1, -0.05) is 44.2 Å². The van der Waals surface area contributed by atoms with Crippen LogP contribution in [0.4, 0.5) is 4.79 Å². The monoisotopic (exact) mass is 218 g/mol. The number of hydrogen-bond acceptors (Lipinski definition) is 1. The summed E-state index contributed by atoms with van der Waals surface area (Å²) in [5.74, 6) is 0.490. The summed E-state index contributed by atoms with van der Waals surface area (Å²) in [6, 6.07) is 10.4. The lowest BCUT2D eigenvalue weighted by Gasteiger charge is -2.16. The van der Waals surface area contributed by atoms with Gasteiger partial charge in [0.25, 0.3) is 0 Å².